The largest absolute Gasteiger partial charge is 0.308 e. The van der Waals surface area contributed by atoms with Gasteiger partial charge in [0.1, 0.15) is 0 Å². The van der Waals surface area contributed by atoms with Crippen molar-refractivity contribution in [3.8, 4) is 0 Å². The molecule has 0 N–H and O–H groups in total. The van der Waals surface area contributed by atoms with Gasteiger partial charge in [0.25, 0.3) is 0 Å². The fourth-order valence-corrected chi connectivity index (χ4v) is 3.45. The van der Waals surface area contributed by atoms with E-state index >= 15 is 0 Å². The fourth-order valence-electron chi connectivity index (χ4n) is 2.45. The number of amides is 1. The first kappa shape index (κ1) is 17.2. The van der Waals surface area contributed by atoms with Crippen molar-refractivity contribution in [2.75, 3.05) is 32.1 Å². The lowest BCUT2D eigenvalue weighted by Crippen LogP contribution is -2.42. The maximum atomic E-state index is 12.7. The molecule has 1 heterocycles. The summed E-state index contributed by atoms with van der Waals surface area (Å²) in [6.45, 7) is 1.57. The number of carbonyl (C=O) groups excluding carboxylic acids is 1. The van der Waals surface area contributed by atoms with E-state index in [1.807, 2.05) is 37.2 Å². The first-order valence-corrected chi connectivity index (χ1v) is 8.28. The molecule has 1 amide bonds. The smallest absolute Gasteiger partial charge is 0.231 e. The molecule has 1 aromatic heterocycles. The van der Waals surface area contributed by atoms with Crippen molar-refractivity contribution >= 4 is 45.0 Å². The summed E-state index contributed by atoms with van der Waals surface area (Å²) in [5.41, 5.74) is 0.980. The molecule has 120 valence electrons. The van der Waals surface area contributed by atoms with Crippen LogP contribution in [0.2, 0.25) is 0 Å². The lowest BCUT2D eigenvalue weighted by Gasteiger charge is -2.30. The number of thiazole rings is 1. The van der Waals surface area contributed by atoms with Crippen molar-refractivity contribution in [3.63, 3.8) is 0 Å². The number of hydrogen-bond acceptors (Lipinski definition) is 4. The Labute approximate surface area is 141 Å². The molecule has 1 fully saturated rings. The Morgan fingerprint density at radius 2 is 2.00 bits per heavy atom. The second-order valence-corrected chi connectivity index (χ2v) is 6.89. The van der Waals surface area contributed by atoms with E-state index in [0.717, 1.165) is 34.7 Å². The molecule has 1 aliphatic carbocycles. The van der Waals surface area contributed by atoms with Gasteiger partial charge in [-0.05, 0) is 39.1 Å². The van der Waals surface area contributed by atoms with Crippen molar-refractivity contribution in [1.82, 2.24) is 9.88 Å². The van der Waals surface area contributed by atoms with Gasteiger partial charge < -0.3 is 4.90 Å². The molecular weight excluding hydrogens is 318 g/mol. The first-order valence-electron chi connectivity index (χ1n) is 7.47. The lowest BCUT2D eigenvalue weighted by molar-refractivity contribution is -0.124. The van der Waals surface area contributed by atoms with Crippen LogP contribution in [-0.2, 0) is 4.79 Å². The van der Waals surface area contributed by atoms with E-state index < -0.39 is 0 Å². The molecule has 1 aromatic carbocycles. The second kappa shape index (κ2) is 7.40. The number of rotatable bonds is 5. The van der Waals surface area contributed by atoms with Gasteiger partial charge in [0.05, 0.1) is 10.2 Å². The number of nitrogens with zero attached hydrogens (tertiary/aromatic N) is 3. The van der Waals surface area contributed by atoms with Crippen LogP contribution in [0.15, 0.2) is 24.3 Å². The molecule has 4 nitrogen and oxygen atoms in total. The molecule has 22 heavy (non-hydrogen) atoms. The van der Waals surface area contributed by atoms with Crippen LogP contribution in [-0.4, -0.2) is 43.0 Å². The fraction of sp³-hybridized carbons (Fsp3) is 0.500. The minimum atomic E-state index is 0. The van der Waals surface area contributed by atoms with E-state index in [1.54, 1.807) is 11.3 Å². The summed E-state index contributed by atoms with van der Waals surface area (Å²) in [4.78, 5) is 21.4. The van der Waals surface area contributed by atoms with Crippen molar-refractivity contribution in [2.24, 2.45) is 5.92 Å². The highest BCUT2D eigenvalue weighted by atomic mass is 35.5. The molecule has 0 atom stereocenters. The van der Waals surface area contributed by atoms with E-state index in [9.17, 15) is 4.79 Å². The predicted molar refractivity (Wildman–Crippen MR) is 95.1 cm³/mol. The quantitative estimate of drug-likeness (QED) is 0.837. The number of anilines is 1. The van der Waals surface area contributed by atoms with Gasteiger partial charge in [-0.1, -0.05) is 29.9 Å². The van der Waals surface area contributed by atoms with Gasteiger partial charge in [-0.15, -0.1) is 12.4 Å². The van der Waals surface area contributed by atoms with Gasteiger partial charge in [-0.3, -0.25) is 9.69 Å². The van der Waals surface area contributed by atoms with Crippen LogP contribution in [0.5, 0.6) is 0 Å². The Kier molecular flexibility index (Phi) is 5.78. The molecule has 0 spiro atoms. The highest BCUT2D eigenvalue weighted by molar-refractivity contribution is 7.22. The SMILES string of the molecule is CN(C)CCN(C(=O)C1CCC1)c1nc2ccccc2s1.Cl. The maximum Gasteiger partial charge on any atom is 0.231 e. The number of halogens is 1. The first-order chi connectivity index (χ1) is 10.1. The third-order valence-electron chi connectivity index (χ3n) is 4.00. The molecule has 0 radical (unpaired) electrons. The monoisotopic (exact) mass is 339 g/mol. The van der Waals surface area contributed by atoms with Crippen molar-refractivity contribution in [2.45, 2.75) is 19.3 Å². The van der Waals surface area contributed by atoms with Gasteiger partial charge in [0.15, 0.2) is 5.13 Å². The topological polar surface area (TPSA) is 36.4 Å². The summed E-state index contributed by atoms with van der Waals surface area (Å²) in [6, 6.07) is 8.08. The van der Waals surface area contributed by atoms with Gasteiger partial charge in [0, 0.05) is 19.0 Å². The van der Waals surface area contributed by atoms with Crippen molar-refractivity contribution in [1.29, 1.82) is 0 Å². The maximum absolute atomic E-state index is 12.7. The number of para-hydroxylation sites is 1. The Hall–Kier alpha value is -1.17. The molecule has 0 unspecified atom stereocenters. The summed E-state index contributed by atoms with van der Waals surface area (Å²) in [6.07, 6.45) is 3.24. The van der Waals surface area contributed by atoms with Crippen LogP contribution >= 0.6 is 23.7 Å². The molecule has 0 bridgehead atoms. The summed E-state index contributed by atoms with van der Waals surface area (Å²) in [5.74, 6) is 0.460. The van der Waals surface area contributed by atoms with Crippen LogP contribution < -0.4 is 4.90 Å². The highest BCUT2D eigenvalue weighted by Crippen LogP contribution is 2.33. The molecule has 3 rings (SSSR count). The summed E-state index contributed by atoms with van der Waals surface area (Å²) in [5, 5.41) is 0.843. The van der Waals surface area contributed by atoms with Crippen LogP contribution in [0.1, 0.15) is 19.3 Å². The van der Waals surface area contributed by atoms with Gasteiger partial charge in [-0.2, -0.15) is 0 Å². The Morgan fingerprint density at radius 3 is 2.59 bits per heavy atom. The number of carbonyl (C=O) groups is 1. The third-order valence-corrected chi connectivity index (χ3v) is 5.06. The highest BCUT2D eigenvalue weighted by Gasteiger charge is 2.31. The van der Waals surface area contributed by atoms with E-state index in [2.05, 4.69) is 16.0 Å². The average Bonchev–Trinajstić information content (AvgIpc) is 2.79. The van der Waals surface area contributed by atoms with Gasteiger partial charge >= 0.3 is 0 Å². The zero-order valence-corrected chi connectivity index (χ0v) is 14.6. The second-order valence-electron chi connectivity index (χ2n) is 5.89. The van der Waals surface area contributed by atoms with Gasteiger partial charge in [-0.25, -0.2) is 4.98 Å². The molecule has 1 saturated carbocycles. The number of benzene rings is 1. The van der Waals surface area contributed by atoms with Crippen LogP contribution in [0.4, 0.5) is 5.13 Å². The van der Waals surface area contributed by atoms with E-state index in [-0.39, 0.29) is 24.2 Å². The number of likely N-dealkylation sites (N-methyl/N-ethyl adjacent to an activating group) is 1. The molecule has 1 aliphatic rings. The predicted octanol–water partition coefficient (Wildman–Crippen LogP) is 3.41. The minimum absolute atomic E-state index is 0. The summed E-state index contributed by atoms with van der Waals surface area (Å²) in [7, 11) is 4.06. The van der Waals surface area contributed by atoms with Crippen molar-refractivity contribution < 1.29 is 4.79 Å². The average molecular weight is 340 g/mol. The van der Waals surface area contributed by atoms with Crippen molar-refractivity contribution in [3.05, 3.63) is 24.3 Å². The molecule has 0 aliphatic heterocycles. The van der Waals surface area contributed by atoms with Gasteiger partial charge in [0.2, 0.25) is 5.91 Å². The van der Waals surface area contributed by atoms with E-state index in [0.29, 0.717) is 6.54 Å². The minimum Gasteiger partial charge on any atom is -0.308 e. The van der Waals surface area contributed by atoms with Crippen LogP contribution in [0.25, 0.3) is 10.2 Å². The number of aromatic nitrogens is 1. The Bertz CT molecular complexity index is 606. The molecule has 6 heteroatoms. The van der Waals surface area contributed by atoms with Crippen LogP contribution in [0, 0.1) is 5.92 Å². The Balaban J connectivity index is 0.00000176. The van der Waals surface area contributed by atoms with E-state index in [1.165, 1.54) is 6.42 Å². The molecule has 0 saturated heterocycles. The number of hydrogen-bond donors (Lipinski definition) is 0. The number of fused-ring (bicyclic) bond motifs is 1. The lowest BCUT2D eigenvalue weighted by atomic mass is 9.84. The summed E-state index contributed by atoms with van der Waals surface area (Å²) >= 11 is 1.61. The zero-order chi connectivity index (χ0) is 14.8. The molecular formula is C16H22ClN3OS. The standard InChI is InChI=1S/C16H21N3OS.ClH/c1-18(2)10-11-19(15(20)12-6-5-7-12)16-17-13-8-3-4-9-14(13)21-16;/h3-4,8-9,12H,5-7,10-11H2,1-2H3;1H. The Morgan fingerprint density at radius 1 is 1.27 bits per heavy atom. The summed E-state index contributed by atoms with van der Waals surface area (Å²) < 4.78 is 1.14. The van der Waals surface area contributed by atoms with Crippen LogP contribution in [0.3, 0.4) is 0 Å². The van der Waals surface area contributed by atoms with E-state index in [4.69, 9.17) is 0 Å². The third kappa shape index (κ3) is 3.59. The zero-order valence-electron chi connectivity index (χ0n) is 13.0. The normalized spacial score (nSPS) is 14.7. The molecule has 2 aromatic rings.